The molecule has 1 heterocycles. The van der Waals surface area contributed by atoms with Crippen LogP contribution in [-0.2, 0) is 0 Å². The molecule has 0 atom stereocenters. The van der Waals surface area contributed by atoms with E-state index in [1.165, 1.54) is 0 Å². The van der Waals surface area contributed by atoms with Crippen molar-refractivity contribution in [1.82, 2.24) is 10.4 Å². The predicted molar refractivity (Wildman–Crippen MR) is 89.4 cm³/mol. The second kappa shape index (κ2) is 8.32. The summed E-state index contributed by atoms with van der Waals surface area (Å²) in [4.78, 5) is 15.6. The molecule has 0 unspecified atom stereocenters. The number of allylic oxidation sites excluding steroid dienone is 3. The van der Waals surface area contributed by atoms with E-state index in [4.69, 9.17) is 0 Å². The van der Waals surface area contributed by atoms with E-state index < -0.39 is 0 Å². The van der Waals surface area contributed by atoms with Crippen molar-refractivity contribution in [2.75, 3.05) is 0 Å². The maximum Gasteiger partial charge on any atom is 0.271 e. The first-order chi connectivity index (χ1) is 10.8. The molecule has 0 radical (unpaired) electrons. The van der Waals surface area contributed by atoms with Gasteiger partial charge in [-0.25, -0.2) is 5.43 Å². The summed E-state index contributed by atoms with van der Waals surface area (Å²) in [6.07, 6.45) is 10.8. The summed E-state index contributed by atoms with van der Waals surface area (Å²) in [6, 6.07) is 13.3. The van der Waals surface area contributed by atoms with Crippen molar-refractivity contribution in [2.24, 2.45) is 5.10 Å². The van der Waals surface area contributed by atoms with Crippen molar-refractivity contribution in [3.63, 3.8) is 0 Å². The lowest BCUT2D eigenvalue weighted by Crippen LogP contribution is -2.18. The van der Waals surface area contributed by atoms with Gasteiger partial charge in [-0.15, -0.1) is 0 Å². The molecule has 0 bridgehead atoms. The molecule has 0 saturated heterocycles. The second-order valence-corrected chi connectivity index (χ2v) is 4.56. The van der Waals surface area contributed by atoms with E-state index in [0.29, 0.717) is 11.3 Å². The van der Waals surface area contributed by atoms with Crippen molar-refractivity contribution in [2.45, 2.75) is 6.92 Å². The first-order valence-electron chi connectivity index (χ1n) is 6.90. The molecular formula is C18H17N3O. The molecule has 4 nitrogen and oxygen atoms in total. The summed E-state index contributed by atoms with van der Waals surface area (Å²) in [5.41, 5.74) is 4.87. The molecule has 2 aromatic rings. The molecule has 0 aliphatic rings. The van der Waals surface area contributed by atoms with Gasteiger partial charge in [-0.2, -0.15) is 5.10 Å². The third-order valence-electron chi connectivity index (χ3n) is 2.81. The molecule has 0 aliphatic heterocycles. The number of carbonyl (C=O) groups is 1. The standard InChI is InChI=1S/C18H17N3O/c1-15(7-5-6-10-16-8-3-2-4-9-16)20-21-18(22)17-11-13-19-14-12-17/h2-14H,1H3,(H,21,22). The summed E-state index contributed by atoms with van der Waals surface area (Å²) in [5, 5.41) is 4.02. The molecule has 22 heavy (non-hydrogen) atoms. The number of hydrogen-bond acceptors (Lipinski definition) is 3. The smallest absolute Gasteiger partial charge is 0.267 e. The van der Waals surface area contributed by atoms with E-state index >= 15 is 0 Å². The van der Waals surface area contributed by atoms with Crippen LogP contribution < -0.4 is 5.43 Å². The highest BCUT2D eigenvalue weighted by Crippen LogP contribution is 2.01. The van der Waals surface area contributed by atoms with Crippen molar-refractivity contribution < 1.29 is 4.79 Å². The molecule has 0 saturated carbocycles. The van der Waals surface area contributed by atoms with Crippen LogP contribution in [0, 0.1) is 0 Å². The van der Waals surface area contributed by atoms with E-state index in [-0.39, 0.29) is 5.91 Å². The first-order valence-corrected chi connectivity index (χ1v) is 6.90. The molecular weight excluding hydrogens is 274 g/mol. The number of rotatable bonds is 5. The fourth-order valence-electron chi connectivity index (χ4n) is 1.67. The van der Waals surface area contributed by atoms with Gasteiger partial charge in [0.1, 0.15) is 0 Å². The highest BCUT2D eigenvalue weighted by atomic mass is 16.2. The summed E-state index contributed by atoms with van der Waals surface area (Å²) in [6.45, 7) is 1.82. The van der Waals surface area contributed by atoms with Gasteiger partial charge >= 0.3 is 0 Å². The molecule has 0 fully saturated rings. The van der Waals surface area contributed by atoms with Crippen molar-refractivity contribution >= 4 is 17.7 Å². The van der Waals surface area contributed by atoms with Crippen LogP contribution in [0.4, 0.5) is 0 Å². The fraction of sp³-hybridized carbons (Fsp3) is 0.0556. The van der Waals surface area contributed by atoms with Crippen LogP contribution in [0.5, 0.6) is 0 Å². The highest BCUT2D eigenvalue weighted by Gasteiger charge is 2.01. The van der Waals surface area contributed by atoms with Crippen LogP contribution >= 0.6 is 0 Å². The third kappa shape index (κ3) is 5.17. The molecule has 2 rings (SSSR count). The number of carbonyl (C=O) groups excluding carboxylic acids is 1. The predicted octanol–water partition coefficient (Wildman–Crippen LogP) is 3.46. The Morgan fingerprint density at radius 1 is 1.09 bits per heavy atom. The Morgan fingerprint density at radius 2 is 1.82 bits per heavy atom. The molecule has 1 amide bonds. The Balaban J connectivity index is 1.86. The van der Waals surface area contributed by atoms with Crippen LogP contribution in [-0.4, -0.2) is 16.6 Å². The van der Waals surface area contributed by atoms with Gasteiger partial charge in [0, 0.05) is 18.0 Å². The topological polar surface area (TPSA) is 54.4 Å². The minimum absolute atomic E-state index is 0.255. The monoisotopic (exact) mass is 291 g/mol. The molecule has 1 aromatic carbocycles. The average Bonchev–Trinajstić information content (AvgIpc) is 2.58. The highest BCUT2D eigenvalue weighted by molar-refractivity contribution is 5.97. The van der Waals surface area contributed by atoms with E-state index in [2.05, 4.69) is 15.5 Å². The van der Waals surface area contributed by atoms with E-state index in [0.717, 1.165) is 5.56 Å². The molecule has 4 heteroatoms. The quantitative estimate of drug-likeness (QED) is 0.521. The van der Waals surface area contributed by atoms with Gasteiger partial charge in [-0.1, -0.05) is 48.6 Å². The summed E-state index contributed by atoms with van der Waals surface area (Å²) >= 11 is 0. The largest absolute Gasteiger partial charge is 0.271 e. The lowest BCUT2D eigenvalue weighted by molar-refractivity contribution is 0.0954. The lowest BCUT2D eigenvalue weighted by atomic mass is 10.2. The zero-order valence-electron chi connectivity index (χ0n) is 12.3. The lowest BCUT2D eigenvalue weighted by Gasteiger charge is -1.99. The van der Waals surface area contributed by atoms with Gasteiger partial charge in [-0.3, -0.25) is 9.78 Å². The second-order valence-electron chi connectivity index (χ2n) is 4.56. The SMILES string of the molecule is CC(C=CC=Cc1ccccc1)=NNC(=O)c1ccncc1. The summed E-state index contributed by atoms with van der Waals surface area (Å²) < 4.78 is 0. The van der Waals surface area contributed by atoms with Crippen LogP contribution in [0.3, 0.4) is 0 Å². The normalized spacial score (nSPS) is 12.0. The van der Waals surface area contributed by atoms with Crippen molar-refractivity contribution in [3.8, 4) is 0 Å². The third-order valence-corrected chi connectivity index (χ3v) is 2.81. The minimum atomic E-state index is -0.255. The van der Waals surface area contributed by atoms with Gasteiger partial charge in [-0.05, 0) is 30.7 Å². The maximum absolute atomic E-state index is 11.8. The number of hydrazone groups is 1. The Bertz CT molecular complexity index is 689. The Hall–Kier alpha value is -3.01. The van der Waals surface area contributed by atoms with Gasteiger partial charge < -0.3 is 0 Å². The molecule has 1 N–H and O–H groups in total. The minimum Gasteiger partial charge on any atom is -0.267 e. The van der Waals surface area contributed by atoms with Gasteiger partial charge in [0.25, 0.3) is 5.91 Å². The van der Waals surface area contributed by atoms with Crippen molar-refractivity contribution in [1.29, 1.82) is 0 Å². The zero-order valence-corrected chi connectivity index (χ0v) is 12.3. The number of aromatic nitrogens is 1. The van der Waals surface area contributed by atoms with E-state index in [1.54, 1.807) is 24.5 Å². The molecule has 0 spiro atoms. The van der Waals surface area contributed by atoms with Crippen LogP contribution in [0.1, 0.15) is 22.8 Å². The fourth-order valence-corrected chi connectivity index (χ4v) is 1.67. The number of benzene rings is 1. The van der Waals surface area contributed by atoms with Crippen LogP contribution in [0.25, 0.3) is 6.08 Å². The zero-order chi connectivity index (χ0) is 15.6. The van der Waals surface area contributed by atoms with Gasteiger partial charge in [0.15, 0.2) is 0 Å². The number of pyridine rings is 1. The number of nitrogens with one attached hydrogen (secondary N) is 1. The van der Waals surface area contributed by atoms with E-state index in [9.17, 15) is 4.79 Å². The first kappa shape index (κ1) is 15.4. The van der Waals surface area contributed by atoms with Gasteiger partial charge in [0.05, 0.1) is 5.71 Å². The Labute approximate surface area is 129 Å². The summed E-state index contributed by atoms with van der Waals surface area (Å²) in [5.74, 6) is -0.255. The molecule has 0 aliphatic carbocycles. The maximum atomic E-state index is 11.8. The Morgan fingerprint density at radius 3 is 2.55 bits per heavy atom. The molecule has 110 valence electrons. The van der Waals surface area contributed by atoms with E-state index in [1.807, 2.05) is 61.6 Å². The number of amides is 1. The van der Waals surface area contributed by atoms with Crippen LogP contribution in [0.15, 0.2) is 78.2 Å². The number of nitrogens with zero attached hydrogens (tertiary/aromatic N) is 2. The number of hydrogen-bond donors (Lipinski definition) is 1. The average molecular weight is 291 g/mol. The molecule has 1 aromatic heterocycles. The van der Waals surface area contributed by atoms with Crippen LogP contribution in [0.2, 0.25) is 0 Å². The summed E-state index contributed by atoms with van der Waals surface area (Å²) in [7, 11) is 0. The Kier molecular flexibility index (Phi) is 5.81. The van der Waals surface area contributed by atoms with Crippen molar-refractivity contribution in [3.05, 3.63) is 84.2 Å². The van der Waals surface area contributed by atoms with Gasteiger partial charge in [0.2, 0.25) is 0 Å².